The summed E-state index contributed by atoms with van der Waals surface area (Å²) >= 11 is 1.11. The summed E-state index contributed by atoms with van der Waals surface area (Å²) in [7, 11) is -1.52. The van der Waals surface area contributed by atoms with Gasteiger partial charge in [-0.2, -0.15) is 11.3 Å². The van der Waals surface area contributed by atoms with Gasteiger partial charge in [-0.15, -0.1) is 0 Å². The Morgan fingerprint density at radius 2 is 2.38 bits per heavy atom. The first-order valence-corrected chi connectivity index (χ1v) is 4.64. The van der Waals surface area contributed by atoms with Crippen LogP contribution in [-0.2, 0) is 4.74 Å². The lowest BCUT2D eigenvalue weighted by Gasteiger charge is -1.96. The fourth-order valence-electron chi connectivity index (χ4n) is 0.810. The molecule has 0 saturated carbocycles. The second kappa shape index (κ2) is 4.41. The standard InChI is InChI=1S/C7H9BO4S/c1-2-12-7(9)5-3-6(8(10)11)13-4-5/h3-4,10-11H,2H2,1H3. The Labute approximate surface area is 79.9 Å². The first kappa shape index (κ1) is 10.2. The van der Waals surface area contributed by atoms with Gasteiger partial charge in [-0.05, 0) is 13.0 Å². The molecule has 0 aliphatic heterocycles. The first-order chi connectivity index (χ1) is 6.15. The molecular formula is C7H9BO4S. The molecule has 70 valence electrons. The third-order valence-corrected chi connectivity index (χ3v) is 2.36. The molecule has 13 heavy (non-hydrogen) atoms. The van der Waals surface area contributed by atoms with Gasteiger partial charge in [0.05, 0.1) is 12.2 Å². The molecule has 0 fully saturated rings. The van der Waals surface area contributed by atoms with Crippen molar-refractivity contribution in [2.24, 2.45) is 0 Å². The van der Waals surface area contributed by atoms with Crippen LogP contribution in [-0.4, -0.2) is 29.7 Å². The minimum atomic E-state index is -1.52. The van der Waals surface area contributed by atoms with E-state index in [-0.39, 0.29) is 0 Å². The number of rotatable bonds is 3. The molecule has 0 spiro atoms. The first-order valence-electron chi connectivity index (χ1n) is 3.76. The largest absolute Gasteiger partial charge is 0.499 e. The molecule has 0 aromatic carbocycles. The van der Waals surface area contributed by atoms with Crippen molar-refractivity contribution < 1.29 is 19.6 Å². The molecular weight excluding hydrogens is 191 g/mol. The number of thiophene rings is 1. The summed E-state index contributed by atoms with van der Waals surface area (Å²) in [5.74, 6) is -0.439. The van der Waals surface area contributed by atoms with Crippen LogP contribution in [0.25, 0.3) is 0 Å². The third kappa shape index (κ3) is 2.55. The van der Waals surface area contributed by atoms with Gasteiger partial charge >= 0.3 is 13.1 Å². The van der Waals surface area contributed by atoms with E-state index in [4.69, 9.17) is 14.8 Å². The Kier molecular flexibility index (Phi) is 3.47. The van der Waals surface area contributed by atoms with Crippen molar-refractivity contribution >= 4 is 29.2 Å². The van der Waals surface area contributed by atoms with Crippen molar-refractivity contribution in [1.82, 2.24) is 0 Å². The molecule has 0 aliphatic carbocycles. The number of ether oxygens (including phenoxy) is 1. The van der Waals surface area contributed by atoms with Crippen molar-refractivity contribution in [2.75, 3.05) is 6.61 Å². The molecule has 4 nitrogen and oxygen atoms in total. The zero-order chi connectivity index (χ0) is 9.84. The van der Waals surface area contributed by atoms with E-state index in [1.807, 2.05) is 0 Å². The summed E-state index contributed by atoms with van der Waals surface area (Å²) in [6.45, 7) is 2.03. The van der Waals surface area contributed by atoms with Crippen molar-refractivity contribution in [2.45, 2.75) is 6.92 Å². The van der Waals surface area contributed by atoms with Gasteiger partial charge in [0, 0.05) is 10.2 Å². The van der Waals surface area contributed by atoms with Crippen molar-refractivity contribution in [3.05, 3.63) is 17.0 Å². The summed E-state index contributed by atoms with van der Waals surface area (Å²) in [5, 5.41) is 19.1. The number of esters is 1. The van der Waals surface area contributed by atoms with Crippen LogP contribution in [0.5, 0.6) is 0 Å². The minimum Gasteiger partial charge on any atom is -0.462 e. The molecule has 0 radical (unpaired) electrons. The highest BCUT2D eigenvalue weighted by atomic mass is 32.1. The molecule has 0 unspecified atom stereocenters. The number of hydrogen-bond donors (Lipinski definition) is 2. The van der Waals surface area contributed by atoms with Crippen LogP contribution in [0, 0.1) is 0 Å². The molecule has 0 atom stereocenters. The van der Waals surface area contributed by atoms with E-state index < -0.39 is 13.1 Å². The highest BCUT2D eigenvalue weighted by Gasteiger charge is 2.16. The lowest BCUT2D eigenvalue weighted by Crippen LogP contribution is -2.26. The van der Waals surface area contributed by atoms with E-state index in [1.165, 1.54) is 11.4 Å². The maximum absolute atomic E-state index is 11.1. The van der Waals surface area contributed by atoms with Crippen molar-refractivity contribution in [3.63, 3.8) is 0 Å². The average molecular weight is 200 g/mol. The molecule has 0 amide bonds. The van der Waals surface area contributed by atoms with Gasteiger partial charge in [-0.1, -0.05) is 0 Å². The SMILES string of the molecule is CCOC(=O)c1csc(B(O)O)c1. The zero-order valence-electron chi connectivity index (χ0n) is 7.06. The lowest BCUT2D eigenvalue weighted by molar-refractivity contribution is 0.0527. The van der Waals surface area contributed by atoms with Gasteiger partial charge in [-0.3, -0.25) is 0 Å². The topological polar surface area (TPSA) is 66.8 Å². The summed E-state index contributed by atoms with van der Waals surface area (Å²) in [5.41, 5.74) is 0.356. The van der Waals surface area contributed by atoms with Gasteiger partial charge in [-0.25, -0.2) is 4.79 Å². The monoisotopic (exact) mass is 200 g/mol. The van der Waals surface area contributed by atoms with Crippen LogP contribution in [0.2, 0.25) is 0 Å². The van der Waals surface area contributed by atoms with Crippen LogP contribution < -0.4 is 4.78 Å². The van der Waals surface area contributed by atoms with E-state index in [1.54, 1.807) is 6.92 Å². The fraction of sp³-hybridized carbons (Fsp3) is 0.286. The van der Waals surface area contributed by atoms with E-state index in [0.29, 0.717) is 16.9 Å². The summed E-state index contributed by atoms with van der Waals surface area (Å²) in [6.07, 6.45) is 0. The Morgan fingerprint density at radius 1 is 1.69 bits per heavy atom. The normalized spacial score (nSPS) is 9.77. The van der Waals surface area contributed by atoms with Gasteiger partial charge in [0.2, 0.25) is 0 Å². The fourth-order valence-corrected chi connectivity index (χ4v) is 1.55. The van der Waals surface area contributed by atoms with E-state index in [2.05, 4.69) is 0 Å². The molecule has 0 saturated heterocycles. The molecule has 1 rings (SSSR count). The highest BCUT2D eigenvalue weighted by molar-refractivity contribution is 7.20. The molecule has 6 heteroatoms. The third-order valence-electron chi connectivity index (χ3n) is 1.39. The van der Waals surface area contributed by atoms with Crippen LogP contribution in [0.3, 0.4) is 0 Å². The lowest BCUT2D eigenvalue weighted by atomic mass is 9.89. The maximum atomic E-state index is 11.1. The van der Waals surface area contributed by atoms with E-state index in [9.17, 15) is 4.79 Å². The second-order valence-electron chi connectivity index (χ2n) is 2.33. The quantitative estimate of drug-likeness (QED) is 0.514. The zero-order valence-corrected chi connectivity index (χ0v) is 7.87. The van der Waals surface area contributed by atoms with E-state index >= 15 is 0 Å². The van der Waals surface area contributed by atoms with Gasteiger partial charge in [0.25, 0.3) is 0 Å². The molecule has 0 aliphatic rings. The Hall–Kier alpha value is -0.845. The molecule has 1 aromatic rings. The van der Waals surface area contributed by atoms with Crippen LogP contribution >= 0.6 is 11.3 Å². The van der Waals surface area contributed by atoms with Gasteiger partial charge in [0.1, 0.15) is 0 Å². The van der Waals surface area contributed by atoms with Crippen molar-refractivity contribution in [3.8, 4) is 0 Å². The maximum Gasteiger partial charge on any atom is 0.499 e. The smallest absolute Gasteiger partial charge is 0.462 e. The molecule has 1 heterocycles. The minimum absolute atomic E-state index is 0.311. The summed E-state index contributed by atoms with van der Waals surface area (Å²) in [4.78, 5) is 11.1. The van der Waals surface area contributed by atoms with Crippen LogP contribution in [0.4, 0.5) is 0 Å². The molecule has 1 aromatic heterocycles. The van der Waals surface area contributed by atoms with Crippen LogP contribution in [0.15, 0.2) is 11.4 Å². The van der Waals surface area contributed by atoms with Crippen molar-refractivity contribution in [1.29, 1.82) is 0 Å². The Balaban J connectivity index is 2.73. The predicted molar refractivity (Wildman–Crippen MR) is 50.1 cm³/mol. The van der Waals surface area contributed by atoms with Gasteiger partial charge < -0.3 is 14.8 Å². The highest BCUT2D eigenvalue weighted by Crippen LogP contribution is 2.06. The summed E-state index contributed by atoms with van der Waals surface area (Å²) in [6, 6.07) is 1.41. The molecule has 2 N–H and O–H groups in total. The average Bonchev–Trinajstić information content (AvgIpc) is 2.52. The van der Waals surface area contributed by atoms with E-state index in [0.717, 1.165) is 11.3 Å². The predicted octanol–water partition coefficient (Wildman–Crippen LogP) is -0.395. The number of carbonyl (C=O) groups excluding carboxylic acids is 1. The van der Waals surface area contributed by atoms with Crippen LogP contribution in [0.1, 0.15) is 17.3 Å². The molecule has 0 bridgehead atoms. The Morgan fingerprint density at radius 3 is 2.85 bits per heavy atom. The van der Waals surface area contributed by atoms with Gasteiger partial charge in [0.15, 0.2) is 0 Å². The Bertz CT molecular complexity index is 296. The second-order valence-corrected chi connectivity index (χ2v) is 3.27. The number of hydrogen-bond acceptors (Lipinski definition) is 5. The summed E-state index contributed by atoms with van der Waals surface area (Å²) < 4.78 is 5.06. The number of carbonyl (C=O) groups is 1.